The van der Waals surface area contributed by atoms with Gasteiger partial charge in [0.25, 0.3) is 0 Å². The van der Waals surface area contributed by atoms with Crippen molar-refractivity contribution in [1.29, 1.82) is 0 Å². The molecule has 0 saturated carbocycles. The fraction of sp³-hybridized carbons (Fsp3) is 0.522. The highest BCUT2D eigenvalue weighted by Crippen LogP contribution is 2.14. The fourth-order valence-corrected chi connectivity index (χ4v) is 2.98. The first-order valence-corrected chi connectivity index (χ1v) is 10.7. The van der Waals surface area contributed by atoms with E-state index in [0.717, 1.165) is 54.5 Å². The van der Waals surface area contributed by atoms with E-state index < -0.39 is 11.7 Å². The second-order valence-electron chi connectivity index (χ2n) is 8.31. The Hall–Kier alpha value is -2.30. The summed E-state index contributed by atoms with van der Waals surface area (Å²) < 4.78 is 10.5. The summed E-state index contributed by atoms with van der Waals surface area (Å²) in [6.45, 7) is 13.6. The number of hydrogen-bond donors (Lipinski definition) is 3. The van der Waals surface area contributed by atoms with Gasteiger partial charge in [0.2, 0.25) is 0 Å². The molecular weight excluding hydrogens is 521 g/mol. The molecule has 8 nitrogen and oxygen atoms in total. The van der Waals surface area contributed by atoms with Crippen molar-refractivity contribution in [2.75, 3.05) is 25.0 Å². The average Bonchev–Trinajstić information content (AvgIpc) is 3.00. The molecule has 0 bridgehead atoms. The summed E-state index contributed by atoms with van der Waals surface area (Å²) in [5.74, 6) is 1.65. The van der Waals surface area contributed by atoms with Crippen molar-refractivity contribution in [1.82, 2.24) is 15.8 Å². The maximum atomic E-state index is 11.8. The number of carbonyl (C=O) groups excluding carboxylic acids is 1. The number of guanidine groups is 1. The average molecular weight is 557 g/mol. The van der Waals surface area contributed by atoms with E-state index in [1.165, 1.54) is 0 Å². The minimum atomic E-state index is -0.519. The molecule has 9 heteroatoms. The van der Waals surface area contributed by atoms with Gasteiger partial charge in [-0.3, -0.25) is 10.3 Å². The Kier molecular flexibility index (Phi) is 11.5. The van der Waals surface area contributed by atoms with Gasteiger partial charge < -0.3 is 19.9 Å². The zero-order valence-corrected chi connectivity index (χ0v) is 22.2. The fourth-order valence-electron chi connectivity index (χ4n) is 2.98. The van der Waals surface area contributed by atoms with Crippen LogP contribution in [0.4, 0.5) is 10.5 Å². The molecule has 0 fully saturated rings. The number of nitrogens with zero attached hydrogens (tertiary/aromatic N) is 2. The second-order valence-corrected chi connectivity index (χ2v) is 8.31. The number of nitrogens with one attached hydrogen (secondary N) is 3. The molecule has 0 spiro atoms. The van der Waals surface area contributed by atoms with Gasteiger partial charge in [-0.25, -0.2) is 4.79 Å². The Bertz CT molecular complexity index is 853. The van der Waals surface area contributed by atoms with Crippen LogP contribution >= 0.6 is 24.0 Å². The van der Waals surface area contributed by atoms with Gasteiger partial charge in [-0.2, -0.15) is 0 Å². The van der Waals surface area contributed by atoms with Crippen molar-refractivity contribution >= 4 is 41.7 Å². The Morgan fingerprint density at radius 1 is 1.12 bits per heavy atom. The summed E-state index contributed by atoms with van der Waals surface area (Å²) in [5, 5.41) is 13.4. The molecule has 0 aliphatic heterocycles. The van der Waals surface area contributed by atoms with E-state index in [9.17, 15) is 4.79 Å². The molecule has 1 amide bonds. The summed E-state index contributed by atoms with van der Waals surface area (Å²) >= 11 is 0. The Balaban J connectivity index is 0.00000512. The molecule has 32 heavy (non-hydrogen) atoms. The molecule has 0 aliphatic carbocycles. The van der Waals surface area contributed by atoms with Crippen LogP contribution in [0.15, 0.2) is 33.8 Å². The predicted octanol–water partition coefficient (Wildman–Crippen LogP) is 4.60. The van der Waals surface area contributed by atoms with Crippen LogP contribution in [-0.2, 0) is 17.6 Å². The summed E-state index contributed by atoms with van der Waals surface area (Å²) in [5.41, 5.74) is 3.40. The first-order valence-electron chi connectivity index (χ1n) is 10.7. The van der Waals surface area contributed by atoms with Crippen molar-refractivity contribution < 1.29 is 14.1 Å². The maximum Gasteiger partial charge on any atom is 0.412 e. The molecule has 0 unspecified atom stereocenters. The minimum absolute atomic E-state index is 0. The van der Waals surface area contributed by atoms with Gasteiger partial charge in [0, 0.05) is 30.9 Å². The molecule has 0 aliphatic rings. The highest BCUT2D eigenvalue weighted by Gasteiger charge is 2.16. The number of aliphatic imine (C=N–C) groups is 1. The van der Waals surface area contributed by atoms with Crippen molar-refractivity contribution in [3.05, 3.63) is 46.8 Å². The first kappa shape index (κ1) is 27.7. The van der Waals surface area contributed by atoms with Crippen molar-refractivity contribution in [2.45, 2.75) is 60.0 Å². The quantitative estimate of drug-likeness (QED) is 0.249. The lowest BCUT2D eigenvalue weighted by Crippen LogP contribution is -2.38. The van der Waals surface area contributed by atoms with Gasteiger partial charge >= 0.3 is 6.09 Å². The van der Waals surface area contributed by atoms with Crippen molar-refractivity contribution in [2.24, 2.45) is 4.99 Å². The highest BCUT2D eigenvalue weighted by molar-refractivity contribution is 14.0. The largest absolute Gasteiger partial charge is 0.444 e. The number of carbonyl (C=O) groups is 1. The Morgan fingerprint density at radius 3 is 2.38 bits per heavy atom. The van der Waals surface area contributed by atoms with Gasteiger partial charge in [0.15, 0.2) is 5.96 Å². The lowest BCUT2D eigenvalue weighted by atomic mass is 10.1. The van der Waals surface area contributed by atoms with Crippen LogP contribution in [0, 0.1) is 13.8 Å². The zero-order valence-electron chi connectivity index (χ0n) is 19.9. The third-order valence-electron chi connectivity index (χ3n) is 4.46. The molecule has 0 radical (unpaired) electrons. The van der Waals surface area contributed by atoms with Crippen LogP contribution in [0.2, 0.25) is 0 Å². The van der Waals surface area contributed by atoms with Gasteiger partial charge in [0.1, 0.15) is 11.4 Å². The summed E-state index contributed by atoms with van der Waals surface area (Å²) in [7, 11) is 0. The Labute approximate surface area is 208 Å². The predicted molar refractivity (Wildman–Crippen MR) is 139 cm³/mol. The lowest BCUT2D eigenvalue weighted by Gasteiger charge is -2.19. The molecule has 0 atom stereocenters. The molecule has 2 aromatic rings. The molecule has 1 aromatic carbocycles. The molecule has 2 rings (SSSR count). The van der Waals surface area contributed by atoms with E-state index in [4.69, 9.17) is 9.26 Å². The van der Waals surface area contributed by atoms with Gasteiger partial charge in [-0.1, -0.05) is 17.3 Å². The van der Waals surface area contributed by atoms with Crippen LogP contribution in [-0.4, -0.2) is 42.4 Å². The summed E-state index contributed by atoms with van der Waals surface area (Å²) in [6, 6.07) is 7.75. The number of aromatic nitrogens is 1. The molecule has 1 heterocycles. The Morgan fingerprint density at radius 2 is 1.81 bits per heavy atom. The third kappa shape index (κ3) is 9.88. The van der Waals surface area contributed by atoms with E-state index in [1.54, 1.807) is 0 Å². The van der Waals surface area contributed by atoms with E-state index in [2.05, 4.69) is 26.1 Å². The molecule has 3 N–H and O–H groups in total. The van der Waals surface area contributed by atoms with Gasteiger partial charge in [0.05, 0.1) is 5.69 Å². The van der Waals surface area contributed by atoms with E-state index in [1.807, 2.05) is 65.8 Å². The SMILES string of the molecule is CCNC(=NCCc1c(C)noc1C)NCCc1ccc(NC(=O)OC(C)(C)C)cc1.I. The lowest BCUT2D eigenvalue weighted by molar-refractivity contribution is 0.0636. The van der Waals surface area contributed by atoms with Gasteiger partial charge in [-0.15, -0.1) is 24.0 Å². The van der Waals surface area contributed by atoms with Crippen molar-refractivity contribution in [3.63, 3.8) is 0 Å². The van der Waals surface area contributed by atoms with Crippen LogP contribution in [0.5, 0.6) is 0 Å². The molecular formula is C23H36IN5O3. The number of halogens is 1. The normalized spacial score (nSPS) is 11.5. The number of hydrogen-bond acceptors (Lipinski definition) is 5. The number of anilines is 1. The van der Waals surface area contributed by atoms with Crippen LogP contribution < -0.4 is 16.0 Å². The third-order valence-corrected chi connectivity index (χ3v) is 4.46. The van der Waals surface area contributed by atoms with Crippen LogP contribution in [0.3, 0.4) is 0 Å². The topological polar surface area (TPSA) is 101 Å². The number of rotatable bonds is 8. The van der Waals surface area contributed by atoms with Crippen LogP contribution in [0.1, 0.15) is 50.3 Å². The number of ether oxygens (including phenoxy) is 1. The van der Waals surface area contributed by atoms with E-state index in [0.29, 0.717) is 12.2 Å². The maximum absolute atomic E-state index is 11.8. The monoisotopic (exact) mass is 557 g/mol. The molecule has 178 valence electrons. The molecule has 1 aromatic heterocycles. The summed E-state index contributed by atoms with van der Waals surface area (Å²) in [4.78, 5) is 16.5. The zero-order chi connectivity index (χ0) is 22.9. The summed E-state index contributed by atoms with van der Waals surface area (Å²) in [6.07, 6.45) is 1.18. The number of benzene rings is 1. The molecule has 0 saturated heterocycles. The second kappa shape index (κ2) is 13.3. The smallest absolute Gasteiger partial charge is 0.412 e. The number of aryl methyl sites for hydroxylation is 2. The first-order chi connectivity index (χ1) is 14.7. The van der Waals surface area contributed by atoms with Crippen LogP contribution in [0.25, 0.3) is 0 Å². The van der Waals surface area contributed by atoms with Crippen molar-refractivity contribution in [3.8, 4) is 0 Å². The van der Waals surface area contributed by atoms with E-state index in [-0.39, 0.29) is 24.0 Å². The number of amides is 1. The van der Waals surface area contributed by atoms with Gasteiger partial charge in [-0.05, 0) is 72.1 Å². The standard InChI is InChI=1S/C23H35N5O3.HI/c1-7-24-21(26-15-13-20-16(2)28-31-17(20)3)25-14-12-18-8-10-19(11-9-18)27-22(29)30-23(4,5)6;/h8-11H,7,12-15H2,1-6H3,(H,27,29)(H2,24,25,26);1H. The van der Waals surface area contributed by atoms with E-state index >= 15 is 0 Å². The minimum Gasteiger partial charge on any atom is -0.444 e. The highest BCUT2D eigenvalue weighted by atomic mass is 127.